The molecule has 54 valence electrons. The molecule has 0 saturated heterocycles. The van der Waals surface area contributed by atoms with Gasteiger partial charge in [-0.05, 0) is 12.5 Å². The molecule has 0 radical (unpaired) electrons. The smallest absolute Gasteiger partial charge is 0.509 e. The van der Waals surface area contributed by atoms with Crippen LogP contribution in [-0.2, 0) is 0 Å². The van der Waals surface area contributed by atoms with Crippen molar-refractivity contribution in [2.75, 3.05) is 7.11 Å². The summed E-state index contributed by atoms with van der Waals surface area (Å²) < 4.78 is 5.09. The maximum atomic E-state index is 5.09. The summed E-state index contributed by atoms with van der Waals surface area (Å²) in [7, 11) is 1.67. The third-order valence-electron chi connectivity index (χ3n) is 1.47. The van der Waals surface area contributed by atoms with Crippen LogP contribution in [0.4, 0.5) is 0 Å². The molecular weight excluding hydrogens is 131 g/mol. The first-order chi connectivity index (χ1) is 4.74. The molecule has 0 fully saturated rings. The summed E-state index contributed by atoms with van der Waals surface area (Å²) in [4.78, 5) is 0. The molecule has 2 heteroatoms. The van der Waals surface area contributed by atoms with Gasteiger partial charge in [-0.15, -0.1) is 12.1 Å². The predicted molar refractivity (Wildman–Crippen MR) is 42.2 cm³/mol. The minimum atomic E-state index is 0. The fraction of sp³-hybridized carbons (Fsp3) is 0.222. The van der Waals surface area contributed by atoms with Crippen LogP contribution in [0.1, 0.15) is 11.1 Å². The van der Waals surface area contributed by atoms with Crippen LogP contribution in [0.5, 0.6) is 5.75 Å². The van der Waals surface area contributed by atoms with Crippen molar-refractivity contribution in [2.24, 2.45) is 0 Å². The van der Waals surface area contributed by atoms with Gasteiger partial charge in [-0.3, -0.25) is 0 Å². The summed E-state index contributed by atoms with van der Waals surface area (Å²) in [6.07, 6.45) is 0. The van der Waals surface area contributed by atoms with Gasteiger partial charge in [0.1, 0.15) is 0 Å². The van der Waals surface area contributed by atoms with E-state index in [9.17, 15) is 0 Å². The standard InChI is InChI=1S/C9H11O.Li/c1-7-4-5-8(2)9(6-7)10-3;/h4-6H,1H2,2-3H3;/q-1;+1. The van der Waals surface area contributed by atoms with Gasteiger partial charge >= 0.3 is 18.9 Å². The minimum Gasteiger partial charge on any atom is -0.509 e. The number of ether oxygens (including phenoxy) is 1. The first kappa shape index (κ1) is 10.5. The Hall–Kier alpha value is -0.513. The van der Waals surface area contributed by atoms with Crippen LogP contribution in [0.3, 0.4) is 0 Å². The third kappa shape index (κ3) is 2.53. The zero-order chi connectivity index (χ0) is 7.56. The summed E-state index contributed by atoms with van der Waals surface area (Å²) in [5.41, 5.74) is 2.14. The number of hydrogen-bond donors (Lipinski definition) is 0. The molecule has 0 aliphatic heterocycles. The summed E-state index contributed by atoms with van der Waals surface area (Å²) in [6, 6.07) is 5.90. The van der Waals surface area contributed by atoms with Crippen LogP contribution in [-0.4, -0.2) is 7.11 Å². The van der Waals surface area contributed by atoms with Crippen LogP contribution in [0.25, 0.3) is 0 Å². The Balaban J connectivity index is 0.000001000. The molecule has 1 aromatic rings. The Morgan fingerprint density at radius 2 is 2.00 bits per heavy atom. The zero-order valence-corrected chi connectivity index (χ0v) is 7.35. The van der Waals surface area contributed by atoms with Crippen molar-refractivity contribution in [2.45, 2.75) is 6.92 Å². The molecule has 1 nitrogen and oxygen atoms in total. The molecule has 0 saturated carbocycles. The van der Waals surface area contributed by atoms with E-state index in [4.69, 9.17) is 4.74 Å². The van der Waals surface area contributed by atoms with Crippen LogP contribution in [0, 0.1) is 13.8 Å². The number of hydrogen-bond acceptors (Lipinski definition) is 1. The van der Waals surface area contributed by atoms with E-state index in [2.05, 4.69) is 6.92 Å². The van der Waals surface area contributed by atoms with Gasteiger partial charge in [-0.2, -0.15) is 18.6 Å². The Morgan fingerprint density at radius 1 is 1.36 bits per heavy atom. The maximum Gasteiger partial charge on any atom is 1.00 e. The topological polar surface area (TPSA) is 9.23 Å². The van der Waals surface area contributed by atoms with Crippen molar-refractivity contribution in [3.63, 3.8) is 0 Å². The molecule has 11 heavy (non-hydrogen) atoms. The second-order valence-electron chi connectivity index (χ2n) is 2.30. The summed E-state index contributed by atoms with van der Waals surface area (Å²) in [5.74, 6) is 0.910. The molecule has 0 aromatic heterocycles. The maximum absolute atomic E-state index is 5.09. The molecule has 0 amide bonds. The minimum absolute atomic E-state index is 0. The number of methoxy groups -OCH3 is 1. The first-order valence-corrected chi connectivity index (χ1v) is 3.20. The monoisotopic (exact) mass is 142 g/mol. The largest absolute Gasteiger partial charge is 1.00 e. The summed E-state index contributed by atoms with van der Waals surface area (Å²) in [6.45, 7) is 5.80. The van der Waals surface area contributed by atoms with Gasteiger partial charge in [0.25, 0.3) is 0 Å². The van der Waals surface area contributed by atoms with Gasteiger partial charge in [0.15, 0.2) is 0 Å². The zero-order valence-electron chi connectivity index (χ0n) is 7.35. The molecule has 1 aromatic carbocycles. The molecule has 0 atom stereocenters. The summed E-state index contributed by atoms with van der Waals surface area (Å²) >= 11 is 0. The average Bonchev–Trinajstić information content (AvgIpc) is 1.94. The molecule has 0 unspecified atom stereocenters. The van der Waals surface area contributed by atoms with Crippen LogP contribution >= 0.6 is 0 Å². The average molecular weight is 142 g/mol. The fourth-order valence-electron chi connectivity index (χ4n) is 0.864. The Kier molecular flexibility index (Phi) is 4.18. The molecule has 0 bridgehead atoms. The van der Waals surface area contributed by atoms with E-state index < -0.39 is 0 Å². The van der Waals surface area contributed by atoms with Crippen molar-refractivity contribution in [3.05, 3.63) is 36.2 Å². The predicted octanol–water partition coefficient (Wildman–Crippen LogP) is -0.810. The van der Waals surface area contributed by atoms with E-state index in [-0.39, 0.29) is 18.9 Å². The van der Waals surface area contributed by atoms with E-state index in [1.807, 2.05) is 25.1 Å². The second kappa shape index (κ2) is 4.38. The first-order valence-electron chi connectivity index (χ1n) is 3.20. The Labute approximate surface area is 79.9 Å². The Morgan fingerprint density at radius 3 is 2.45 bits per heavy atom. The van der Waals surface area contributed by atoms with Gasteiger partial charge in [-0.25, -0.2) is 0 Å². The second-order valence-corrected chi connectivity index (χ2v) is 2.30. The molecule has 0 spiro atoms. The number of rotatable bonds is 1. The molecule has 0 N–H and O–H groups in total. The third-order valence-corrected chi connectivity index (χ3v) is 1.47. The number of aryl methyl sites for hydroxylation is 1. The van der Waals surface area contributed by atoms with E-state index in [0.717, 1.165) is 16.9 Å². The molecular formula is C9H11LiO. The number of benzene rings is 1. The molecule has 0 aliphatic rings. The van der Waals surface area contributed by atoms with Crippen LogP contribution in [0.2, 0.25) is 0 Å². The van der Waals surface area contributed by atoms with E-state index >= 15 is 0 Å². The molecule has 0 aliphatic carbocycles. The van der Waals surface area contributed by atoms with Gasteiger partial charge in [-0.1, -0.05) is 0 Å². The van der Waals surface area contributed by atoms with Gasteiger partial charge in [0.05, 0.1) is 12.9 Å². The molecule has 1 rings (SSSR count). The quantitative estimate of drug-likeness (QED) is 0.368. The van der Waals surface area contributed by atoms with E-state index in [0.29, 0.717) is 0 Å². The normalized spacial score (nSPS) is 8.55. The van der Waals surface area contributed by atoms with E-state index in [1.54, 1.807) is 7.11 Å². The van der Waals surface area contributed by atoms with Gasteiger partial charge in [0.2, 0.25) is 0 Å². The van der Waals surface area contributed by atoms with Crippen molar-refractivity contribution >= 4 is 0 Å². The van der Waals surface area contributed by atoms with Crippen molar-refractivity contribution in [3.8, 4) is 5.75 Å². The fourth-order valence-corrected chi connectivity index (χ4v) is 0.864. The van der Waals surface area contributed by atoms with Crippen molar-refractivity contribution in [1.82, 2.24) is 0 Å². The van der Waals surface area contributed by atoms with Crippen LogP contribution in [0.15, 0.2) is 18.2 Å². The van der Waals surface area contributed by atoms with E-state index in [1.165, 1.54) is 0 Å². The van der Waals surface area contributed by atoms with Gasteiger partial charge < -0.3 is 4.74 Å². The van der Waals surface area contributed by atoms with Gasteiger partial charge in [0, 0.05) is 0 Å². The van der Waals surface area contributed by atoms with Crippen molar-refractivity contribution < 1.29 is 23.6 Å². The SMILES string of the molecule is [CH2-]c1ccc(C)c(OC)c1.[Li+]. The summed E-state index contributed by atoms with van der Waals surface area (Å²) in [5, 5.41) is 0. The Bertz CT molecular complexity index is 233. The molecule has 0 heterocycles. The van der Waals surface area contributed by atoms with Crippen LogP contribution < -0.4 is 23.6 Å². The van der Waals surface area contributed by atoms with Crippen molar-refractivity contribution in [1.29, 1.82) is 0 Å².